The monoisotopic (exact) mass is 300 g/mol. The largest absolute Gasteiger partial charge is 0.488 e. The van der Waals surface area contributed by atoms with Crippen LogP contribution in [0.1, 0.15) is 37.7 Å². The molecular weight excluding hydrogens is 283 g/mol. The van der Waals surface area contributed by atoms with E-state index >= 15 is 0 Å². The molecule has 1 aliphatic heterocycles. The number of alkyl halides is 1. The highest BCUT2D eigenvalue weighted by molar-refractivity contribution is 6.32. The van der Waals surface area contributed by atoms with Crippen molar-refractivity contribution in [3.63, 3.8) is 0 Å². The molecule has 1 unspecified atom stereocenters. The Kier molecular flexibility index (Phi) is 3.93. The lowest BCUT2D eigenvalue weighted by molar-refractivity contribution is -0.153. The summed E-state index contributed by atoms with van der Waals surface area (Å²) in [6.07, 6.45) is 5.69. The molecule has 1 aromatic rings. The smallest absolute Gasteiger partial charge is 0.142 e. The Balaban J connectivity index is 1.74. The lowest BCUT2D eigenvalue weighted by Crippen LogP contribution is -2.48. The van der Waals surface area contributed by atoms with Gasteiger partial charge in [-0.25, -0.2) is 0 Å². The molecule has 1 atom stereocenters. The van der Waals surface area contributed by atoms with Crippen LogP contribution in [0.5, 0.6) is 5.75 Å². The first kappa shape index (κ1) is 13.5. The SMILES string of the molecule is ClCc1cccc(Cl)c1OC1CCOC2(CCC2)C1. The molecule has 1 aromatic carbocycles. The third-order valence-corrected chi connectivity index (χ3v) is 4.78. The second-order valence-electron chi connectivity index (χ2n) is 5.48. The maximum Gasteiger partial charge on any atom is 0.142 e. The van der Waals surface area contributed by atoms with Crippen LogP contribution in [0, 0.1) is 0 Å². The number of benzene rings is 1. The van der Waals surface area contributed by atoms with Crippen molar-refractivity contribution in [2.75, 3.05) is 6.61 Å². The molecule has 1 aliphatic carbocycles. The minimum atomic E-state index is 0.0886. The predicted octanol–water partition coefficient (Wildman–Crippen LogP) is 4.56. The normalized spacial score (nSPS) is 25.1. The quantitative estimate of drug-likeness (QED) is 0.762. The summed E-state index contributed by atoms with van der Waals surface area (Å²) in [4.78, 5) is 0. The van der Waals surface area contributed by atoms with Gasteiger partial charge in [0.15, 0.2) is 0 Å². The predicted molar refractivity (Wildman–Crippen MR) is 77.2 cm³/mol. The molecule has 0 radical (unpaired) electrons. The molecule has 1 saturated carbocycles. The average molecular weight is 301 g/mol. The molecule has 2 aliphatic rings. The van der Waals surface area contributed by atoms with E-state index in [-0.39, 0.29) is 11.7 Å². The van der Waals surface area contributed by atoms with E-state index in [1.165, 1.54) is 6.42 Å². The van der Waals surface area contributed by atoms with Crippen LogP contribution in [0.15, 0.2) is 18.2 Å². The molecule has 2 fully saturated rings. The van der Waals surface area contributed by atoms with Crippen molar-refractivity contribution in [1.82, 2.24) is 0 Å². The van der Waals surface area contributed by atoms with Gasteiger partial charge < -0.3 is 9.47 Å². The number of hydrogen-bond acceptors (Lipinski definition) is 2. The summed E-state index contributed by atoms with van der Waals surface area (Å²) in [7, 11) is 0. The van der Waals surface area contributed by atoms with Gasteiger partial charge in [-0.1, -0.05) is 23.7 Å². The lowest BCUT2D eigenvalue weighted by Gasteiger charge is -2.47. The minimum Gasteiger partial charge on any atom is -0.488 e. The average Bonchev–Trinajstić information content (AvgIpc) is 2.40. The van der Waals surface area contributed by atoms with E-state index in [4.69, 9.17) is 32.7 Å². The van der Waals surface area contributed by atoms with E-state index in [1.54, 1.807) is 0 Å². The maximum atomic E-state index is 6.23. The molecule has 0 bridgehead atoms. The topological polar surface area (TPSA) is 18.5 Å². The van der Waals surface area contributed by atoms with Crippen LogP contribution in [0.25, 0.3) is 0 Å². The fourth-order valence-corrected chi connectivity index (χ4v) is 3.41. The zero-order valence-corrected chi connectivity index (χ0v) is 12.3. The summed E-state index contributed by atoms with van der Waals surface area (Å²) in [6, 6.07) is 5.72. The van der Waals surface area contributed by atoms with Gasteiger partial charge in [0.25, 0.3) is 0 Å². The third-order valence-electron chi connectivity index (χ3n) is 4.19. The van der Waals surface area contributed by atoms with Gasteiger partial charge in [0, 0.05) is 18.4 Å². The van der Waals surface area contributed by atoms with Gasteiger partial charge in [0.1, 0.15) is 11.9 Å². The molecule has 1 spiro atoms. The van der Waals surface area contributed by atoms with E-state index in [1.807, 2.05) is 18.2 Å². The van der Waals surface area contributed by atoms with E-state index in [0.29, 0.717) is 10.9 Å². The number of hydrogen-bond donors (Lipinski definition) is 0. The summed E-state index contributed by atoms with van der Waals surface area (Å²) in [5, 5.41) is 0.646. The van der Waals surface area contributed by atoms with Crippen molar-refractivity contribution >= 4 is 23.2 Å². The van der Waals surface area contributed by atoms with Crippen LogP contribution in [0.2, 0.25) is 5.02 Å². The molecule has 0 amide bonds. The van der Waals surface area contributed by atoms with Crippen molar-refractivity contribution in [2.45, 2.75) is 49.7 Å². The van der Waals surface area contributed by atoms with Crippen molar-refractivity contribution in [1.29, 1.82) is 0 Å². The van der Waals surface area contributed by atoms with Crippen molar-refractivity contribution in [3.05, 3.63) is 28.8 Å². The summed E-state index contributed by atoms with van der Waals surface area (Å²) < 4.78 is 12.1. The van der Waals surface area contributed by atoms with E-state index in [2.05, 4.69) is 0 Å². The van der Waals surface area contributed by atoms with Crippen LogP contribution in [0.4, 0.5) is 0 Å². The second-order valence-corrected chi connectivity index (χ2v) is 6.15. The molecule has 3 rings (SSSR count). The highest BCUT2D eigenvalue weighted by atomic mass is 35.5. The van der Waals surface area contributed by atoms with Crippen LogP contribution in [-0.2, 0) is 10.6 Å². The van der Waals surface area contributed by atoms with Gasteiger partial charge in [-0.3, -0.25) is 0 Å². The van der Waals surface area contributed by atoms with Crippen LogP contribution >= 0.6 is 23.2 Å². The minimum absolute atomic E-state index is 0.0886. The molecule has 4 heteroatoms. The van der Waals surface area contributed by atoms with Crippen LogP contribution in [-0.4, -0.2) is 18.3 Å². The first-order chi connectivity index (χ1) is 9.22. The molecule has 1 heterocycles. The van der Waals surface area contributed by atoms with Gasteiger partial charge in [-0.2, -0.15) is 0 Å². The Morgan fingerprint density at radius 2 is 2.21 bits per heavy atom. The number of halogens is 2. The molecule has 0 aromatic heterocycles. The van der Waals surface area contributed by atoms with Crippen LogP contribution < -0.4 is 4.74 Å². The Labute approximate surface area is 124 Å². The fourth-order valence-electron chi connectivity index (χ4n) is 2.96. The Morgan fingerprint density at radius 3 is 2.89 bits per heavy atom. The number of para-hydroxylation sites is 1. The Morgan fingerprint density at radius 1 is 1.37 bits per heavy atom. The number of ether oxygens (including phenoxy) is 2. The second kappa shape index (κ2) is 5.51. The van der Waals surface area contributed by atoms with E-state index < -0.39 is 0 Å². The first-order valence-electron chi connectivity index (χ1n) is 6.86. The van der Waals surface area contributed by atoms with Gasteiger partial charge in [-0.15, -0.1) is 11.6 Å². The highest BCUT2D eigenvalue weighted by Crippen LogP contribution is 2.43. The summed E-state index contributed by atoms with van der Waals surface area (Å²) >= 11 is 12.2. The summed E-state index contributed by atoms with van der Waals surface area (Å²) in [5.74, 6) is 1.17. The zero-order chi connectivity index (χ0) is 13.3. The van der Waals surface area contributed by atoms with Crippen molar-refractivity contribution < 1.29 is 9.47 Å². The van der Waals surface area contributed by atoms with E-state index in [0.717, 1.165) is 43.6 Å². The highest BCUT2D eigenvalue weighted by Gasteiger charge is 2.43. The standard InChI is InChI=1S/C15H18Cl2O2/c16-10-11-3-1-4-13(17)14(11)19-12-5-8-18-15(9-12)6-2-7-15/h1,3-4,12H,2,5-10H2. The summed E-state index contributed by atoms with van der Waals surface area (Å²) in [6.45, 7) is 0.783. The molecular formula is C15H18Cl2O2. The van der Waals surface area contributed by atoms with E-state index in [9.17, 15) is 0 Å². The molecule has 104 valence electrons. The van der Waals surface area contributed by atoms with Crippen LogP contribution in [0.3, 0.4) is 0 Å². The Bertz CT molecular complexity index is 457. The molecule has 0 N–H and O–H groups in total. The van der Waals surface area contributed by atoms with Crippen molar-refractivity contribution in [2.24, 2.45) is 0 Å². The van der Waals surface area contributed by atoms with Gasteiger partial charge in [0.05, 0.1) is 23.1 Å². The maximum absolute atomic E-state index is 6.23. The van der Waals surface area contributed by atoms with Gasteiger partial charge >= 0.3 is 0 Å². The lowest BCUT2D eigenvalue weighted by atomic mass is 9.74. The Hall–Kier alpha value is -0.440. The fraction of sp³-hybridized carbons (Fsp3) is 0.600. The zero-order valence-electron chi connectivity index (χ0n) is 10.8. The third kappa shape index (κ3) is 2.72. The van der Waals surface area contributed by atoms with Gasteiger partial charge in [0.2, 0.25) is 0 Å². The number of rotatable bonds is 3. The van der Waals surface area contributed by atoms with Crippen molar-refractivity contribution in [3.8, 4) is 5.75 Å². The first-order valence-corrected chi connectivity index (χ1v) is 7.78. The molecule has 19 heavy (non-hydrogen) atoms. The molecule has 2 nitrogen and oxygen atoms in total. The summed E-state index contributed by atoms with van der Waals surface area (Å²) in [5.41, 5.74) is 1.05. The van der Waals surface area contributed by atoms with Gasteiger partial charge in [-0.05, 0) is 25.3 Å². The molecule has 1 saturated heterocycles.